The first kappa shape index (κ1) is 16.0. The van der Waals surface area contributed by atoms with Crippen molar-refractivity contribution < 1.29 is 14.3 Å². The lowest BCUT2D eigenvalue weighted by Gasteiger charge is -2.40. The Morgan fingerprint density at radius 1 is 1.17 bits per heavy atom. The summed E-state index contributed by atoms with van der Waals surface area (Å²) in [6.07, 6.45) is 3.31. The SMILES string of the molecule is BN1C(=O)N(B)[C@]2(CC[C@@H](c3ccc(OCC)cc3)CC2)C1=O. The van der Waals surface area contributed by atoms with Crippen molar-refractivity contribution in [2.24, 2.45) is 0 Å². The molecule has 1 aliphatic heterocycles. The Morgan fingerprint density at radius 3 is 2.26 bits per heavy atom. The number of nitrogens with zero attached hydrogens (tertiary/aromatic N) is 2. The van der Waals surface area contributed by atoms with Gasteiger partial charge in [0.2, 0.25) is 21.9 Å². The van der Waals surface area contributed by atoms with E-state index in [1.54, 1.807) is 20.8 Å². The van der Waals surface area contributed by atoms with Gasteiger partial charge in [-0.1, -0.05) is 12.1 Å². The second-order valence-electron chi connectivity index (χ2n) is 6.51. The molecule has 3 rings (SSSR count). The van der Waals surface area contributed by atoms with E-state index in [4.69, 9.17) is 4.74 Å². The minimum Gasteiger partial charge on any atom is -0.494 e. The number of benzene rings is 1. The van der Waals surface area contributed by atoms with Crippen molar-refractivity contribution in [3.63, 3.8) is 0 Å². The number of hydrogen-bond acceptors (Lipinski definition) is 3. The number of imide groups is 1. The lowest BCUT2D eigenvalue weighted by molar-refractivity contribution is -0.130. The van der Waals surface area contributed by atoms with Crippen molar-refractivity contribution in [3.05, 3.63) is 29.8 Å². The summed E-state index contributed by atoms with van der Waals surface area (Å²) < 4.78 is 5.48. The first-order chi connectivity index (χ1) is 11.0. The molecule has 0 bridgehead atoms. The average Bonchev–Trinajstić information content (AvgIpc) is 2.73. The average molecular weight is 312 g/mol. The Labute approximate surface area is 138 Å². The van der Waals surface area contributed by atoms with Crippen LogP contribution in [0.4, 0.5) is 4.79 Å². The van der Waals surface area contributed by atoms with Crippen LogP contribution in [0.25, 0.3) is 0 Å². The van der Waals surface area contributed by atoms with Crippen LogP contribution in [0.1, 0.15) is 44.1 Å². The normalized spacial score (nSPS) is 27.8. The molecule has 3 amide bonds. The monoisotopic (exact) mass is 312 g/mol. The van der Waals surface area contributed by atoms with Crippen LogP contribution in [0.3, 0.4) is 0 Å². The van der Waals surface area contributed by atoms with Crippen LogP contribution in [0.5, 0.6) is 5.75 Å². The smallest absolute Gasteiger partial charge is 0.301 e. The van der Waals surface area contributed by atoms with Gasteiger partial charge in [0.05, 0.1) is 6.61 Å². The number of amides is 3. The minimum atomic E-state index is -0.617. The third-order valence-corrected chi connectivity index (χ3v) is 5.39. The zero-order valence-corrected chi connectivity index (χ0v) is 14.0. The molecular weight excluding hydrogens is 290 g/mol. The molecule has 1 saturated carbocycles. The van der Waals surface area contributed by atoms with Crippen molar-refractivity contribution in [1.82, 2.24) is 9.62 Å². The van der Waals surface area contributed by atoms with Crippen LogP contribution >= 0.6 is 0 Å². The molecule has 2 fully saturated rings. The first-order valence-corrected chi connectivity index (χ1v) is 8.28. The van der Waals surface area contributed by atoms with Gasteiger partial charge in [-0.25, -0.2) is 0 Å². The highest BCUT2D eigenvalue weighted by atomic mass is 16.5. The van der Waals surface area contributed by atoms with Gasteiger partial charge in [0, 0.05) is 0 Å². The fourth-order valence-electron chi connectivity index (χ4n) is 3.93. The van der Waals surface area contributed by atoms with Crippen LogP contribution < -0.4 is 4.74 Å². The number of hydrogen-bond donors (Lipinski definition) is 0. The van der Waals surface area contributed by atoms with Crippen LogP contribution in [-0.2, 0) is 4.79 Å². The van der Waals surface area contributed by atoms with Crippen molar-refractivity contribution in [1.29, 1.82) is 0 Å². The predicted molar refractivity (Wildman–Crippen MR) is 92.7 cm³/mol. The topological polar surface area (TPSA) is 49.9 Å². The van der Waals surface area contributed by atoms with Crippen LogP contribution in [-0.4, -0.2) is 49.7 Å². The lowest BCUT2D eigenvalue weighted by Crippen LogP contribution is -2.50. The lowest BCUT2D eigenvalue weighted by atomic mass is 9.72. The molecule has 1 spiro atoms. The Bertz CT molecular complexity index is 612. The van der Waals surface area contributed by atoms with Crippen molar-refractivity contribution in [2.45, 2.75) is 44.1 Å². The summed E-state index contributed by atoms with van der Waals surface area (Å²) in [5.74, 6) is 1.29. The second kappa shape index (κ2) is 5.95. The van der Waals surface area contributed by atoms with Gasteiger partial charge < -0.3 is 14.4 Å². The van der Waals surface area contributed by atoms with E-state index in [0.29, 0.717) is 12.5 Å². The highest BCUT2D eigenvalue weighted by Gasteiger charge is 2.54. The molecule has 1 aliphatic carbocycles. The van der Waals surface area contributed by atoms with Crippen molar-refractivity contribution in [2.75, 3.05) is 6.61 Å². The molecule has 1 heterocycles. The molecular formula is C16H22B2N2O3. The number of urea groups is 1. The van der Waals surface area contributed by atoms with E-state index in [2.05, 4.69) is 12.1 Å². The van der Waals surface area contributed by atoms with E-state index >= 15 is 0 Å². The Balaban J connectivity index is 1.71. The summed E-state index contributed by atoms with van der Waals surface area (Å²) >= 11 is 0. The van der Waals surface area contributed by atoms with Crippen LogP contribution in [0.2, 0.25) is 0 Å². The fraction of sp³-hybridized carbons (Fsp3) is 0.500. The zero-order valence-electron chi connectivity index (χ0n) is 14.0. The maximum atomic E-state index is 12.5. The van der Waals surface area contributed by atoms with E-state index in [1.165, 1.54) is 10.4 Å². The van der Waals surface area contributed by atoms with Crippen LogP contribution in [0, 0.1) is 0 Å². The van der Waals surface area contributed by atoms with Gasteiger partial charge in [-0.3, -0.25) is 9.59 Å². The Hall–Kier alpha value is -1.91. The van der Waals surface area contributed by atoms with Gasteiger partial charge in [0.1, 0.15) is 11.3 Å². The number of rotatable bonds is 3. The maximum absolute atomic E-state index is 12.5. The molecule has 0 radical (unpaired) electrons. The molecule has 23 heavy (non-hydrogen) atoms. The molecule has 0 aromatic heterocycles. The highest BCUT2D eigenvalue weighted by Crippen LogP contribution is 2.44. The van der Waals surface area contributed by atoms with Gasteiger partial charge in [-0.05, 0) is 56.2 Å². The zero-order chi connectivity index (χ0) is 16.6. The molecule has 5 nitrogen and oxygen atoms in total. The second-order valence-corrected chi connectivity index (χ2v) is 6.51. The molecule has 1 saturated heterocycles. The first-order valence-electron chi connectivity index (χ1n) is 8.28. The quantitative estimate of drug-likeness (QED) is 0.614. The summed E-state index contributed by atoms with van der Waals surface area (Å²) in [5, 5.41) is 0. The molecule has 1 aromatic carbocycles. The van der Waals surface area contributed by atoms with E-state index in [0.717, 1.165) is 31.4 Å². The minimum absolute atomic E-state index is 0.0462. The molecule has 7 heteroatoms. The van der Waals surface area contributed by atoms with Crippen molar-refractivity contribution in [3.8, 4) is 5.75 Å². The third kappa shape index (κ3) is 2.52. The maximum Gasteiger partial charge on any atom is 0.301 e. The summed E-state index contributed by atoms with van der Waals surface area (Å²) in [5.41, 5.74) is 0.671. The summed E-state index contributed by atoms with van der Waals surface area (Å²) in [4.78, 5) is 27.5. The Morgan fingerprint density at radius 2 is 1.78 bits per heavy atom. The Kier molecular flexibility index (Phi) is 4.13. The van der Waals surface area contributed by atoms with Gasteiger partial charge >= 0.3 is 6.03 Å². The molecule has 0 N–H and O–H groups in total. The molecule has 2 aliphatic rings. The van der Waals surface area contributed by atoms with Crippen LogP contribution in [0.15, 0.2) is 24.3 Å². The van der Waals surface area contributed by atoms with Gasteiger partial charge in [-0.15, -0.1) is 0 Å². The van der Waals surface area contributed by atoms with E-state index in [1.807, 2.05) is 19.1 Å². The number of carbonyl (C=O) groups is 2. The number of ether oxygens (including phenoxy) is 1. The van der Waals surface area contributed by atoms with E-state index < -0.39 is 5.54 Å². The molecule has 1 aromatic rings. The standard InChI is InChI=1S/C16H22B2N2O3/c1-2-23-13-5-3-11(4-6-13)12-7-9-16(10-8-12)14(21)19(17)15(22)20(16)18/h3-6,12H,2,7-10,17-18H2,1H3/t12-,16+. The van der Waals surface area contributed by atoms with E-state index in [9.17, 15) is 9.59 Å². The van der Waals surface area contributed by atoms with E-state index in [-0.39, 0.29) is 11.9 Å². The molecule has 0 atom stereocenters. The van der Waals surface area contributed by atoms with Crippen molar-refractivity contribution >= 4 is 27.9 Å². The largest absolute Gasteiger partial charge is 0.494 e. The molecule has 0 unspecified atom stereocenters. The summed E-state index contributed by atoms with van der Waals surface area (Å²) in [6, 6.07) is 8.06. The number of carbonyl (C=O) groups excluding carboxylic acids is 2. The highest BCUT2D eigenvalue weighted by molar-refractivity contribution is 6.34. The summed E-state index contributed by atoms with van der Waals surface area (Å²) in [6.45, 7) is 2.64. The van der Waals surface area contributed by atoms with Gasteiger partial charge in [0.25, 0.3) is 0 Å². The third-order valence-electron chi connectivity index (χ3n) is 5.39. The summed E-state index contributed by atoms with van der Waals surface area (Å²) in [7, 11) is 3.33. The van der Waals surface area contributed by atoms with Gasteiger partial charge in [-0.2, -0.15) is 0 Å². The predicted octanol–water partition coefficient (Wildman–Crippen LogP) is 0.842. The van der Waals surface area contributed by atoms with Gasteiger partial charge in [0.15, 0.2) is 0 Å². The molecule has 120 valence electrons. The fourth-order valence-corrected chi connectivity index (χ4v) is 3.93.